The first-order chi connectivity index (χ1) is 16.1. The molecule has 0 atom stereocenters. The maximum Gasteiger partial charge on any atom is 0.226 e. The van der Waals surface area contributed by atoms with E-state index < -0.39 is 0 Å². The van der Waals surface area contributed by atoms with E-state index in [1.165, 1.54) is 12.1 Å². The number of imidazole rings is 1. The minimum Gasteiger partial charge on any atom is -0.382 e. The molecule has 0 spiro atoms. The van der Waals surface area contributed by atoms with Crippen LogP contribution in [0, 0.1) is 5.82 Å². The van der Waals surface area contributed by atoms with Crippen LogP contribution in [0.25, 0.3) is 22.4 Å². The number of aromatic nitrogens is 4. The molecule has 2 aromatic carbocycles. The van der Waals surface area contributed by atoms with E-state index in [0.717, 1.165) is 17.5 Å². The number of nitrogens with one attached hydrogen (secondary N) is 1. The molecule has 9 heteroatoms. The first-order valence-electron chi connectivity index (χ1n) is 11.1. The van der Waals surface area contributed by atoms with Crippen LogP contribution in [0.1, 0.15) is 32.1 Å². The van der Waals surface area contributed by atoms with Gasteiger partial charge in [-0.25, -0.2) is 9.37 Å². The molecule has 0 unspecified atom stereocenters. The minimum absolute atomic E-state index is 0.130. The molecular weight excluding hydrogens is 425 g/mol. The van der Waals surface area contributed by atoms with Crippen molar-refractivity contribution in [2.45, 2.75) is 39.2 Å². The Kier molecular flexibility index (Phi) is 7.41. The molecule has 33 heavy (non-hydrogen) atoms. The lowest BCUT2D eigenvalue weighted by Crippen LogP contribution is -2.16. The van der Waals surface area contributed by atoms with Gasteiger partial charge in [-0.1, -0.05) is 17.3 Å². The number of rotatable bonds is 11. The summed E-state index contributed by atoms with van der Waals surface area (Å²) in [5, 5.41) is 6.86. The van der Waals surface area contributed by atoms with E-state index >= 15 is 0 Å². The fourth-order valence-electron chi connectivity index (χ4n) is 3.53. The molecule has 172 valence electrons. The van der Waals surface area contributed by atoms with Crippen LogP contribution in [-0.2, 0) is 22.5 Å². The Hall–Kier alpha value is -3.59. The molecule has 0 aliphatic heterocycles. The lowest BCUT2D eigenvalue weighted by Gasteiger charge is -2.10. The third-order valence-electron chi connectivity index (χ3n) is 5.15. The Morgan fingerprint density at radius 2 is 1.94 bits per heavy atom. The topological polar surface area (TPSA) is 95.1 Å². The fourth-order valence-corrected chi connectivity index (χ4v) is 3.53. The summed E-state index contributed by atoms with van der Waals surface area (Å²) < 4.78 is 25.8. The summed E-state index contributed by atoms with van der Waals surface area (Å²) in [6.07, 6.45) is 2.12. The summed E-state index contributed by atoms with van der Waals surface area (Å²) >= 11 is 0. The fraction of sp³-hybridized carbons (Fsp3) is 0.333. The largest absolute Gasteiger partial charge is 0.382 e. The van der Waals surface area contributed by atoms with Gasteiger partial charge in [0.25, 0.3) is 0 Å². The van der Waals surface area contributed by atoms with E-state index in [2.05, 4.69) is 20.4 Å². The van der Waals surface area contributed by atoms with Gasteiger partial charge in [0.15, 0.2) is 0 Å². The quantitative estimate of drug-likeness (QED) is 0.335. The Morgan fingerprint density at radius 3 is 2.76 bits per heavy atom. The van der Waals surface area contributed by atoms with Crippen molar-refractivity contribution in [3.8, 4) is 11.4 Å². The highest BCUT2D eigenvalue weighted by molar-refractivity contribution is 5.91. The van der Waals surface area contributed by atoms with Crippen molar-refractivity contribution in [3.63, 3.8) is 0 Å². The van der Waals surface area contributed by atoms with Crippen molar-refractivity contribution in [1.29, 1.82) is 0 Å². The number of ether oxygens (including phenoxy) is 1. The van der Waals surface area contributed by atoms with Crippen molar-refractivity contribution < 1.29 is 18.4 Å². The maximum absolute atomic E-state index is 13.1. The number of para-hydroxylation sites is 2. The van der Waals surface area contributed by atoms with Gasteiger partial charge in [0.05, 0.1) is 11.0 Å². The third-order valence-corrected chi connectivity index (χ3v) is 5.15. The standard InChI is InChI=1S/C24H26FN5O3/c1-2-32-16-6-15-30-20-8-4-3-7-19(20)26-24(30)27-21(31)9-5-10-22-28-23(29-33-22)17-11-13-18(25)14-12-17/h3-4,7-8,11-14H,2,5-6,9-10,15-16H2,1H3,(H,26,27,31). The Balaban J connectivity index is 1.33. The van der Waals surface area contributed by atoms with Gasteiger partial charge in [-0.05, 0) is 56.2 Å². The molecule has 4 aromatic rings. The van der Waals surface area contributed by atoms with Crippen LogP contribution in [-0.4, -0.2) is 38.8 Å². The van der Waals surface area contributed by atoms with Gasteiger partial charge in [0.2, 0.25) is 23.6 Å². The van der Waals surface area contributed by atoms with E-state index in [1.54, 1.807) is 12.1 Å². The number of fused-ring (bicyclic) bond motifs is 1. The molecule has 8 nitrogen and oxygen atoms in total. The molecule has 0 bridgehead atoms. The number of hydrogen-bond acceptors (Lipinski definition) is 6. The number of aryl methyl sites for hydroxylation is 2. The third kappa shape index (κ3) is 5.81. The molecular formula is C24H26FN5O3. The van der Waals surface area contributed by atoms with E-state index in [9.17, 15) is 9.18 Å². The molecule has 1 amide bonds. The Morgan fingerprint density at radius 1 is 1.12 bits per heavy atom. The molecule has 0 saturated carbocycles. The number of nitrogens with zero attached hydrogens (tertiary/aromatic N) is 4. The molecule has 0 aliphatic carbocycles. The Bertz CT molecular complexity index is 1200. The zero-order valence-corrected chi connectivity index (χ0v) is 18.5. The van der Waals surface area contributed by atoms with Crippen LogP contribution in [0.3, 0.4) is 0 Å². The van der Waals surface area contributed by atoms with Gasteiger partial charge < -0.3 is 13.8 Å². The van der Waals surface area contributed by atoms with Crippen molar-refractivity contribution in [2.24, 2.45) is 0 Å². The molecule has 1 N–H and O–H groups in total. The summed E-state index contributed by atoms with van der Waals surface area (Å²) in [7, 11) is 0. The highest BCUT2D eigenvalue weighted by Gasteiger charge is 2.14. The van der Waals surface area contributed by atoms with E-state index in [0.29, 0.717) is 55.8 Å². The van der Waals surface area contributed by atoms with Gasteiger partial charge in [-0.15, -0.1) is 0 Å². The predicted octanol–water partition coefficient (Wildman–Crippen LogP) is 4.61. The van der Waals surface area contributed by atoms with Crippen molar-refractivity contribution in [2.75, 3.05) is 18.5 Å². The number of carbonyl (C=O) groups excluding carboxylic acids is 1. The second kappa shape index (κ2) is 10.8. The smallest absolute Gasteiger partial charge is 0.226 e. The monoisotopic (exact) mass is 451 g/mol. The second-order valence-corrected chi connectivity index (χ2v) is 7.55. The van der Waals surface area contributed by atoms with Gasteiger partial charge in [-0.2, -0.15) is 4.98 Å². The van der Waals surface area contributed by atoms with E-state index in [-0.39, 0.29) is 18.1 Å². The zero-order valence-electron chi connectivity index (χ0n) is 18.5. The average Bonchev–Trinajstić information content (AvgIpc) is 3.42. The molecule has 0 radical (unpaired) electrons. The predicted molar refractivity (Wildman–Crippen MR) is 122 cm³/mol. The summed E-state index contributed by atoms with van der Waals surface area (Å²) in [6, 6.07) is 13.7. The summed E-state index contributed by atoms with van der Waals surface area (Å²) in [5.41, 5.74) is 2.49. The van der Waals surface area contributed by atoms with E-state index in [1.807, 2.05) is 35.8 Å². The van der Waals surface area contributed by atoms with Crippen LogP contribution in [0.4, 0.5) is 10.3 Å². The SMILES string of the molecule is CCOCCCn1c(NC(=O)CCCc2nc(-c3ccc(F)cc3)no2)nc2ccccc21. The van der Waals surface area contributed by atoms with Crippen molar-refractivity contribution >= 4 is 22.9 Å². The molecule has 0 fully saturated rings. The van der Waals surface area contributed by atoms with Crippen LogP contribution >= 0.6 is 0 Å². The summed E-state index contributed by atoms with van der Waals surface area (Å²) in [5.74, 6) is 0.917. The van der Waals surface area contributed by atoms with Crippen LogP contribution in [0.5, 0.6) is 0 Å². The summed E-state index contributed by atoms with van der Waals surface area (Å²) in [6.45, 7) is 4.00. The normalized spacial score (nSPS) is 11.2. The highest BCUT2D eigenvalue weighted by Crippen LogP contribution is 2.21. The number of halogens is 1. The number of amides is 1. The van der Waals surface area contributed by atoms with Crippen LogP contribution < -0.4 is 5.32 Å². The second-order valence-electron chi connectivity index (χ2n) is 7.55. The number of anilines is 1. The van der Waals surface area contributed by atoms with Gasteiger partial charge in [0, 0.05) is 38.2 Å². The molecule has 2 aromatic heterocycles. The maximum atomic E-state index is 13.1. The van der Waals surface area contributed by atoms with Crippen LogP contribution in [0.2, 0.25) is 0 Å². The molecule has 0 aliphatic rings. The van der Waals surface area contributed by atoms with Crippen molar-refractivity contribution in [3.05, 3.63) is 60.2 Å². The summed E-state index contributed by atoms with van der Waals surface area (Å²) in [4.78, 5) is 21.5. The van der Waals surface area contributed by atoms with Gasteiger partial charge in [-0.3, -0.25) is 10.1 Å². The van der Waals surface area contributed by atoms with Gasteiger partial charge in [0.1, 0.15) is 5.82 Å². The van der Waals surface area contributed by atoms with E-state index in [4.69, 9.17) is 9.26 Å². The van der Waals surface area contributed by atoms with Crippen LogP contribution in [0.15, 0.2) is 53.1 Å². The average molecular weight is 452 g/mol. The van der Waals surface area contributed by atoms with Gasteiger partial charge >= 0.3 is 0 Å². The first kappa shape index (κ1) is 22.6. The first-order valence-corrected chi connectivity index (χ1v) is 11.1. The lowest BCUT2D eigenvalue weighted by atomic mass is 10.2. The minimum atomic E-state index is -0.323. The highest BCUT2D eigenvalue weighted by atomic mass is 19.1. The van der Waals surface area contributed by atoms with Crippen molar-refractivity contribution in [1.82, 2.24) is 19.7 Å². The zero-order chi connectivity index (χ0) is 23.0. The number of hydrogen-bond donors (Lipinski definition) is 1. The molecule has 0 saturated heterocycles. The number of carbonyl (C=O) groups is 1. The molecule has 4 rings (SSSR count). The lowest BCUT2D eigenvalue weighted by molar-refractivity contribution is -0.116. The number of benzene rings is 2. The molecule has 2 heterocycles. The Labute approximate surface area is 190 Å².